The van der Waals surface area contributed by atoms with Gasteiger partial charge >= 0.3 is 0 Å². The molecule has 0 spiro atoms. The van der Waals surface area contributed by atoms with Gasteiger partial charge in [-0.2, -0.15) is 0 Å². The molecule has 1 heterocycles. The Labute approximate surface area is 224 Å². The minimum Gasteiger partial charge on any atom is -0.496 e. The first-order valence-electron chi connectivity index (χ1n) is 12.7. The second-order valence-electron chi connectivity index (χ2n) is 9.33. The van der Waals surface area contributed by atoms with E-state index in [9.17, 15) is 18.0 Å². The maximum absolute atomic E-state index is 13.4. The van der Waals surface area contributed by atoms with Crippen LogP contribution in [0.2, 0.25) is 0 Å². The van der Waals surface area contributed by atoms with Crippen molar-refractivity contribution in [2.24, 2.45) is 0 Å². The lowest BCUT2D eigenvalue weighted by Gasteiger charge is -2.22. The molecule has 3 aromatic rings. The third-order valence-electron chi connectivity index (χ3n) is 6.67. The van der Waals surface area contributed by atoms with Crippen molar-refractivity contribution in [2.45, 2.75) is 43.5 Å². The first kappa shape index (κ1) is 27.2. The number of carbonyl (C=O) groups excluding carboxylic acids is 2. The summed E-state index contributed by atoms with van der Waals surface area (Å²) in [5.41, 5.74) is 1.45. The normalized spacial score (nSPS) is 14.7. The van der Waals surface area contributed by atoms with Crippen molar-refractivity contribution in [1.29, 1.82) is 0 Å². The summed E-state index contributed by atoms with van der Waals surface area (Å²) in [7, 11) is -2.67. The number of hydrogen-bond donors (Lipinski definition) is 2. The summed E-state index contributed by atoms with van der Waals surface area (Å²) < 4.78 is 34.8. The number of anilines is 1. The molecule has 1 fully saturated rings. The van der Waals surface area contributed by atoms with E-state index in [4.69, 9.17) is 4.74 Å². The molecule has 1 aliphatic heterocycles. The van der Waals surface area contributed by atoms with Crippen molar-refractivity contribution >= 4 is 27.5 Å². The molecule has 0 radical (unpaired) electrons. The zero-order chi connectivity index (χ0) is 27.1. The Morgan fingerprint density at radius 3 is 2.21 bits per heavy atom. The van der Waals surface area contributed by atoms with Crippen LogP contribution in [0.5, 0.6) is 5.75 Å². The van der Waals surface area contributed by atoms with E-state index in [0.717, 1.165) is 31.2 Å². The summed E-state index contributed by atoms with van der Waals surface area (Å²) in [6, 6.07) is 19.9. The molecule has 1 saturated heterocycles. The van der Waals surface area contributed by atoms with Gasteiger partial charge < -0.3 is 15.0 Å². The number of methoxy groups -OCH3 is 1. The van der Waals surface area contributed by atoms with Gasteiger partial charge in [0.1, 0.15) is 5.75 Å². The number of amides is 2. The van der Waals surface area contributed by atoms with E-state index in [1.54, 1.807) is 23.1 Å². The third kappa shape index (κ3) is 6.34. The van der Waals surface area contributed by atoms with E-state index in [2.05, 4.69) is 10.0 Å². The Bertz CT molecular complexity index is 1380. The average Bonchev–Trinajstić information content (AvgIpc) is 3.22. The van der Waals surface area contributed by atoms with Crippen molar-refractivity contribution in [3.05, 3.63) is 89.5 Å². The zero-order valence-corrected chi connectivity index (χ0v) is 22.5. The van der Waals surface area contributed by atoms with Gasteiger partial charge in [-0.1, -0.05) is 55.3 Å². The molecule has 8 nitrogen and oxygen atoms in total. The number of benzene rings is 3. The maximum atomic E-state index is 13.4. The Morgan fingerprint density at radius 1 is 0.868 bits per heavy atom. The Balaban J connectivity index is 1.58. The van der Waals surface area contributed by atoms with Gasteiger partial charge in [-0.3, -0.25) is 14.3 Å². The minimum atomic E-state index is -4.13. The molecule has 1 atom stereocenters. The highest BCUT2D eigenvalue weighted by molar-refractivity contribution is 7.92. The number of nitrogens with one attached hydrogen (secondary N) is 2. The number of para-hydroxylation sites is 1. The Kier molecular flexibility index (Phi) is 8.68. The predicted molar refractivity (Wildman–Crippen MR) is 147 cm³/mol. The molecule has 0 unspecified atom stereocenters. The van der Waals surface area contributed by atoms with Gasteiger partial charge in [-0.05, 0) is 55.7 Å². The summed E-state index contributed by atoms with van der Waals surface area (Å²) in [5, 5.41) is 2.92. The molecule has 2 amide bonds. The van der Waals surface area contributed by atoms with Gasteiger partial charge in [-0.15, -0.1) is 0 Å². The van der Waals surface area contributed by atoms with Crippen LogP contribution in [-0.4, -0.2) is 45.3 Å². The highest BCUT2D eigenvalue weighted by atomic mass is 32.2. The summed E-state index contributed by atoms with van der Waals surface area (Å²) >= 11 is 0. The Hall–Kier alpha value is -3.85. The summed E-state index contributed by atoms with van der Waals surface area (Å²) in [5.74, 6) is -0.352. The zero-order valence-electron chi connectivity index (χ0n) is 21.6. The van der Waals surface area contributed by atoms with Crippen LogP contribution in [0.3, 0.4) is 0 Å². The van der Waals surface area contributed by atoms with Crippen molar-refractivity contribution < 1.29 is 22.7 Å². The Morgan fingerprint density at radius 2 is 1.53 bits per heavy atom. The smallest absolute Gasteiger partial charge is 0.261 e. The fraction of sp³-hybridized carbons (Fsp3) is 0.310. The van der Waals surface area contributed by atoms with Crippen LogP contribution in [0.4, 0.5) is 5.69 Å². The minimum absolute atomic E-state index is 0.0932. The van der Waals surface area contributed by atoms with Crippen LogP contribution in [0.25, 0.3) is 0 Å². The second kappa shape index (κ2) is 12.1. The standard InChI is InChI=1S/C29H33N3O5S/c1-21(22-12-6-5-7-13-22)30-28(33)24-14-8-9-15-26(24)31-38(35,36)23-16-17-27(37-2)25(20-23)29(34)32-18-10-3-4-11-19-32/h5-9,12-17,20-21,31H,3-4,10-11,18-19H2,1-2H3,(H,30,33)/t21-/m1/s1. The fourth-order valence-electron chi connectivity index (χ4n) is 4.54. The molecule has 0 bridgehead atoms. The summed E-state index contributed by atoms with van der Waals surface area (Å²) in [6.07, 6.45) is 3.96. The van der Waals surface area contributed by atoms with Gasteiger partial charge in [0.25, 0.3) is 21.8 Å². The fourth-order valence-corrected chi connectivity index (χ4v) is 5.64. The second-order valence-corrected chi connectivity index (χ2v) is 11.0. The van der Waals surface area contributed by atoms with Crippen molar-refractivity contribution in [3.8, 4) is 5.75 Å². The topological polar surface area (TPSA) is 105 Å². The lowest BCUT2D eigenvalue weighted by molar-refractivity contribution is 0.0757. The van der Waals surface area contributed by atoms with Crippen molar-refractivity contribution in [2.75, 3.05) is 24.9 Å². The molecular weight excluding hydrogens is 502 g/mol. The molecule has 4 rings (SSSR count). The maximum Gasteiger partial charge on any atom is 0.261 e. The summed E-state index contributed by atoms with van der Waals surface area (Å²) in [4.78, 5) is 28.1. The average molecular weight is 536 g/mol. The molecular formula is C29H33N3O5S. The summed E-state index contributed by atoms with van der Waals surface area (Å²) in [6.45, 7) is 3.11. The van der Waals surface area contributed by atoms with E-state index in [-0.39, 0.29) is 33.7 Å². The highest BCUT2D eigenvalue weighted by Gasteiger charge is 2.25. The van der Waals surface area contributed by atoms with Crippen LogP contribution in [0, 0.1) is 0 Å². The molecule has 38 heavy (non-hydrogen) atoms. The van der Waals surface area contributed by atoms with Gasteiger partial charge in [-0.25, -0.2) is 8.42 Å². The monoisotopic (exact) mass is 535 g/mol. The number of likely N-dealkylation sites (tertiary alicyclic amines) is 1. The lowest BCUT2D eigenvalue weighted by Crippen LogP contribution is -2.32. The van der Waals surface area contributed by atoms with E-state index in [0.29, 0.717) is 18.8 Å². The van der Waals surface area contributed by atoms with Gasteiger partial charge in [0.05, 0.1) is 34.9 Å². The van der Waals surface area contributed by atoms with Crippen LogP contribution in [0.15, 0.2) is 77.7 Å². The first-order chi connectivity index (χ1) is 18.3. The van der Waals surface area contributed by atoms with E-state index in [1.165, 1.54) is 31.4 Å². The number of ether oxygens (including phenoxy) is 1. The largest absolute Gasteiger partial charge is 0.496 e. The number of sulfonamides is 1. The van der Waals surface area contributed by atoms with Gasteiger partial charge in [0, 0.05) is 13.1 Å². The first-order valence-corrected chi connectivity index (χ1v) is 14.2. The molecule has 0 aliphatic carbocycles. The van der Waals surface area contributed by atoms with Crippen molar-refractivity contribution in [1.82, 2.24) is 10.2 Å². The van der Waals surface area contributed by atoms with Crippen LogP contribution < -0.4 is 14.8 Å². The molecule has 0 aromatic heterocycles. The van der Waals surface area contributed by atoms with Crippen LogP contribution >= 0.6 is 0 Å². The van der Waals surface area contributed by atoms with E-state index < -0.39 is 15.9 Å². The quantitative estimate of drug-likeness (QED) is 0.422. The highest BCUT2D eigenvalue weighted by Crippen LogP contribution is 2.27. The molecule has 3 aromatic carbocycles. The lowest BCUT2D eigenvalue weighted by atomic mass is 10.1. The molecule has 0 saturated carbocycles. The molecule has 1 aliphatic rings. The van der Waals surface area contributed by atoms with E-state index in [1.807, 2.05) is 37.3 Å². The number of hydrogen-bond acceptors (Lipinski definition) is 5. The molecule has 2 N–H and O–H groups in total. The van der Waals surface area contributed by atoms with Crippen molar-refractivity contribution in [3.63, 3.8) is 0 Å². The number of carbonyl (C=O) groups is 2. The van der Waals surface area contributed by atoms with Gasteiger partial charge in [0.2, 0.25) is 0 Å². The van der Waals surface area contributed by atoms with Crippen LogP contribution in [-0.2, 0) is 10.0 Å². The molecule has 9 heteroatoms. The predicted octanol–water partition coefficient (Wildman–Crippen LogP) is 5.00. The van der Waals surface area contributed by atoms with Crippen LogP contribution in [0.1, 0.15) is 64.9 Å². The number of nitrogens with zero attached hydrogens (tertiary/aromatic N) is 1. The van der Waals surface area contributed by atoms with Gasteiger partial charge in [0.15, 0.2) is 0 Å². The molecule has 200 valence electrons. The van der Waals surface area contributed by atoms with E-state index >= 15 is 0 Å². The SMILES string of the molecule is COc1ccc(S(=O)(=O)Nc2ccccc2C(=O)N[C@H](C)c2ccccc2)cc1C(=O)N1CCCCCC1. The third-order valence-corrected chi connectivity index (χ3v) is 8.03. The number of rotatable bonds is 8.